The molecular formula is C22H26N2O6. The number of hydrogen-bond donors (Lipinski definition) is 2. The zero-order valence-electron chi connectivity index (χ0n) is 16.9. The molecule has 1 aliphatic rings. The van der Waals surface area contributed by atoms with Crippen molar-refractivity contribution in [3.05, 3.63) is 65.7 Å². The lowest BCUT2D eigenvalue weighted by molar-refractivity contribution is -0.159. The Labute approximate surface area is 175 Å². The van der Waals surface area contributed by atoms with E-state index in [1.807, 2.05) is 54.6 Å². The number of piperazine rings is 1. The first-order valence-corrected chi connectivity index (χ1v) is 9.56. The van der Waals surface area contributed by atoms with E-state index in [0.29, 0.717) is 17.7 Å². The molecule has 2 aromatic rings. The number of ketones is 1. The van der Waals surface area contributed by atoms with Crippen molar-refractivity contribution in [1.29, 1.82) is 0 Å². The van der Waals surface area contributed by atoms with Gasteiger partial charge in [0.15, 0.2) is 5.78 Å². The summed E-state index contributed by atoms with van der Waals surface area (Å²) < 4.78 is 5.81. The van der Waals surface area contributed by atoms with Crippen LogP contribution in [-0.2, 0) is 9.59 Å². The number of aliphatic carboxylic acids is 2. The van der Waals surface area contributed by atoms with Crippen LogP contribution in [0, 0.1) is 0 Å². The van der Waals surface area contributed by atoms with Crippen molar-refractivity contribution >= 4 is 17.7 Å². The lowest BCUT2D eigenvalue weighted by Gasteiger charge is -2.32. The Morgan fingerprint density at radius 3 is 1.90 bits per heavy atom. The largest absolute Gasteiger partial charge is 0.492 e. The summed E-state index contributed by atoms with van der Waals surface area (Å²) >= 11 is 0. The molecule has 0 radical (unpaired) electrons. The Kier molecular flexibility index (Phi) is 8.99. The smallest absolute Gasteiger partial charge is 0.414 e. The van der Waals surface area contributed by atoms with Gasteiger partial charge < -0.3 is 19.8 Å². The van der Waals surface area contributed by atoms with Crippen LogP contribution in [-0.4, -0.2) is 84.1 Å². The third-order valence-corrected chi connectivity index (χ3v) is 4.61. The van der Waals surface area contributed by atoms with E-state index in [9.17, 15) is 4.79 Å². The third-order valence-electron chi connectivity index (χ3n) is 4.61. The van der Waals surface area contributed by atoms with Crippen molar-refractivity contribution in [3.63, 3.8) is 0 Å². The van der Waals surface area contributed by atoms with Gasteiger partial charge in [-0.15, -0.1) is 0 Å². The van der Waals surface area contributed by atoms with Gasteiger partial charge in [-0.3, -0.25) is 9.69 Å². The first kappa shape index (κ1) is 23.1. The zero-order valence-corrected chi connectivity index (χ0v) is 16.9. The molecule has 1 heterocycles. The second-order valence-electron chi connectivity index (χ2n) is 6.82. The van der Waals surface area contributed by atoms with Crippen LogP contribution in [0.3, 0.4) is 0 Å². The maximum Gasteiger partial charge on any atom is 0.414 e. The van der Waals surface area contributed by atoms with Gasteiger partial charge in [-0.1, -0.05) is 30.3 Å². The molecule has 0 spiro atoms. The van der Waals surface area contributed by atoms with E-state index >= 15 is 0 Å². The lowest BCUT2D eigenvalue weighted by atomic mass is 10.0. The fourth-order valence-corrected chi connectivity index (χ4v) is 2.82. The van der Waals surface area contributed by atoms with Crippen molar-refractivity contribution in [2.45, 2.75) is 0 Å². The van der Waals surface area contributed by atoms with E-state index in [-0.39, 0.29) is 5.78 Å². The predicted octanol–water partition coefficient (Wildman–Crippen LogP) is 1.70. The van der Waals surface area contributed by atoms with Gasteiger partial charge in [0.1, 0.15) is 12.4 Å². The molecular weight excluding hydrogens is 388 g/mol. The molecule has 2 N–H and O–H groups in total. The van der Waals surface area contributed by atoms with Crippen LogP contribution in [0.25, 0.3) is 0 Å². The highest BCUT2D eigenvalue weighted by Crippen LogP contribution is 2.15. The van der Waals surface area contributed by atoms with E-state index in [4.69, 9.17) is 24.5 Å². The zero-order chi connectivity index (χ0) is 21.9. The Bertz CT molecular complexity index is 818. The fourth-order valence-electron chi connectivity index (χ4n) is 2.82. The molecule has 160 valence electrons. The SMILES string of the molecule is CN1CCN(CCOc2ccc(C(=O)c3ccccc3)cc2)CC1.O=C(O)C(=O)O. The quantitative estimate of drug-likeness (QED) is 0.543. The lowest BCUT2D eigenvalue weighted by Crippen LogP contribution is -2.45. The van der Waals surface area contributed by atoms with Gasteiger partial charge >= 0.3 is 11.9 Å². The summed E-state index contributed by atoms with van der Waals surface area (Å²) in [6.07, 6.45) is 0. The number of carbonyl (C=O) groups excluding carboxylic acids is 1. The number of carboxylic acid groups (broad SMARTS) is 2. The van der Waals surface area contributed by atoms with Crippen molar-refractivity contribution in [3.8, 4) is 5.75 Å². The van der Waals surface area contributed by atoms with Crippen LogP contribution in [0.15, 0.2) is 54.6 Å². The molecule has 0 atom stereocenters. The van der Waals surface area contributed by atoms with Gasteiger partial charge in [-0.2, -0.15) is 0 Å². The summed E-state index contributed by atoms with van der Waals surface area (Å²) in [5.74, 6) is -2.79. The van der Waals surface area contributed by atoms with Gasteiger partial charge in [-0.05, 0) is 31.3 Å². The first-order valence-electron chi connectivity index (χ1n) is 9.56. The Morgan fingerprint density at radius 1 is 0.833 bits per heavy atom. The molecule has 3 rings (SSSR count). The number of ether oxygens (including phenoxy) is 1. The van der Waals surface area contributed by atoms with Crippen LogP contribution in [0.1, 0.15) is 15.9 Å². The van der Waals surface area contributed by atoms with Crippen molar-refractivity contribution < 1.29 is 29.3 Å². The Balaban J connectivity index is 0.000000469. The van der Waals surface area contributed by atoms with Crippen molar-refractivity contribution in [1.82, 2.24) is 9.80 Å². The van der Waals surface area contributed by atoms with Crippen LogP contribution in [0.2, 0.25) is 0 Å². The molecule has 0 aromatic heterocycles. The van der Waals surface area contributed by atoms with Crippen LogP contribution >= 0.6 is 0 Å². The molecule has 1 aliphatic heterocycles. The van der Waals surface area contributed by atoms with Gasteiger partial charge in [0.2, 0.25) is 0 Å². The van der Waals surface area contributed by atoms with Crippen LogP contribution in [0.5, 0.6) is 5.75 Å². The molecule has 8 heteroatoms. The van der Waals surface area contributed by atoms with Crippen molar-refractivity contribution in [2.24, 2.45) is 0 Å². The average Bonchev–Trinajstić information content (AvgIpc) is 2.76. The van der Waals surface area contributed by atoms with Gasteiger partial charge in [0.05, 0.1) is 0 Å². The first-order chi connectivity index (χ1) is 14.4. The summed E-state index contributed by atoms with van der Waals surface area (Å²) in [6.45, 7) is 6.07. The highest BCUT2D eigenvalue weighted by molar-refractivity contribution is 6.27. The molecule has 2 aromatic carbocycles. The second-order valence-corrected chi connectivity index (χ2v) is 6.82. The van der Waals surface area contributed by atoms with E-state index in [1.165, 1.54) is 0 Å². The summed E-state index contributed by atoms with van der Waals surface area (Å²) in [6, 6.07) is 16.8. The highest BCUT2D eigenvalue weighted by Gasteiger charge is 2.13. The van der Waals surface area contributed by atoms with E-state index in [2.05, 4.69) is 16.8 Å². The third kappa shape index (κ3) is 7.65. The monoisotopic (exact) mass is 414 g/mol. The number of nitrogens with zero attached hydrogens (tertiary/aromatic N) is 2. The van der Waals surface area contributed by atoms with Gasteiger partial charge in [0, 0.05) is 43.9 Å². The molecule has 0 amide bonds. The average molecular weight is 414 g/mol. The summed E-state index contributed by atoms with van der Waals surface area (Å²) in [4.78, 5) is 35.3. The molecule has 0 unspecified atom stereocenters. The number of carbonyl (C=O) groups is 3. The fraction of sp³-hybridized carbons (Fsp3) is 0.318. The summed E-state index contributed by atoms with van der Waals surface area (Å²) in [5.41, 5.74) is 1.40. The summed E-state index contributed by atoms with van der Waals surface area (Å²) in [5, 5.41) is 14.8. The maximum absolute atomic E-state index is 12.4. The minimum absolute atomic E-state index is 0.0413. The summed E-state index contributed by atoms with van der Waals surface area (Å²) in [7, 11) is 2.16. The normalized spacial score (nSPS) is 14.3. The van der Waals surface area contributed by atoms with Crippen LogP contribution < -0.4 is 4.74 Å². The topological polar surface area (TPSA) is 107 Å². The molecule has 0 bridgehead atoms. The molecule has 0 saturated carbocycles. The number of carboxylic acids is 2. The van der Waals surface area contributed by atoms with Crippen LogP contribution in [0.4, 0.5) is 0 Å². The van der Waals surface area contributed by atoms with E-state index < -0.39 is 11.9 Å². The maximum atomic E-state index is 12.4. The molecule has 1 fully saturated rings. The standard InChI is InChI=1S/C20H24N2O2.C2H2O4/c1-21-11-13-22(14-12-21)15-16-24-19-9-7-18(8-10-19)20(23)17-5-3-2-4-6-17;3-1(4)2(5)6/h2-10H,11-16H2,1H3;(H,3,4)(H,5,6). The number of hydrogen-bond acceptors (Lipinski definition) is 6. The second kappa shape index (κ2) is 11.7. The minimum atomic E-state index is -1.82. The number of benzene rings is 2. The highest BCUT2D eigenvalue weighted by atomic mass is 16.5. The number of likely N-dealkylation sites (N-methyl/N-ethyl adjacent to an activating group) is 1. The van der Waals surface area contributed by atoms with E-state index in [1.54, 1.807) is 0 Å². The Morgan fingerprint density at radius 2 is 1.37 bits per heavy atom. The van der Waals surface area contributed by atoms with Crippen molar-refractivity contribution in [2.75, 3.05) is 46.4 Å². The van der Waals surface area contributed by atoms with Gasteiger partial charge in [-0.25, -0.2) is 9.59 Å². The number of rotatable bonds is 6. The van der Waals surface area contributed by atoms with E-state index in [0.717, 1.165) is 38.5 Å². The molecule has 30 heavy (non-hydrogen) atoms. The predicted molar refractivity (Wildman–Crippen MR) is 111 cm³/mol. The molecule has 8 nitrogen and oxygen atoms in total. The molecule has 0 aliphatic carbocycles. The minimum Gasteiger partial charge on any atom is -0.492 e. The molecule has 1 saturated heterocycles. The Hall–Kier alpha value is -3.23. The van der Waals surface area contributed by atoms with Gasteiger partial charge in [0.25, 0.3) is 0 Å².